The molecule has 2 bridgehead atoms. The highest BCUT2D eigenvalue weighted by Gasteiger charge is 2.61. The van der Waals surface area contributed by atoms with Crippen LogP contribution in [0, 0.1) is 11.8 Å². The molecule has 0 saturated carbocycles. The molecule has 4 aromatic rings. The highest BCUT2D eigenvalue weighted by atomic mass is 16.2. The van der Waals surface area contributed by atoms with Crippen LogP contribution in [-0.2, 0) is 16.1 Å². The molecule has 0 radical (unpaired) electrons. The van der Waals surface area contributed by atoms with E-state index in [2.05, 4.69) is 46.9 Å². The summed E-state index contributed by atoms with van der Waals surface area (Å²) >= 11 is 0. The molecule has 166 valence electrons. The van der Waals surface area contributed by atoms with Crippen molar-refractivity contribution in [3.8, 4) is 0 Å². The van der Waals surface area contributed by atoms with Gasteiger partial charge in [0.05, 0.1) is 18.1 Å². The van der Waals surface area contributed by atoms with Crippen LogP contribution in [0.5, 0.6) is 0 Å². The number of para-hydroxylation sites is 1. The summed E-state index contributed by atoms with van der Waals surface area (Å²) in [5, 5.41) is 6.70. The molecule has 3 aromatic carbocycles. The molecule has 4 aliphatic rings. The van der Waals surface area contributed by atoms with Gasteiger partial charge in [-0.15, -0.1) is 0 Å². The molecule has 5 heteroatoms. The van der Waals surface area contributed by atoms with Gasteiger partial charge < -0.3 is 4.57 Å². The van der Waals surface area contributed by atoms with Crippen LogP contribution in [0.3, 0.4) is 0 Å². The highest BCUT2D eigenvalue weighted by molar-refractivity contribution is 6.08. The van der Waals surface area contributed by atoms with E-state index in [0.717, 1.165) is 28.0 Å². The number of imide groups is 1. The SMILES string of the molecule is CCn1cc(/C=N\N2C(=O)[C@H]3C4c5ccccc5C(c5ccccc54)[C@@H]3C2=O)c2ccccc21. The Morgan fingerprint density at radius 1 is 0.765 bits per heavy atom. The zero-order chi connectivity index (χ0) is 23.0. The standard InChI is InChI=1S/C29H23N3O2/c1-2-31-16-17(18-9-7-8-14-23(18)31)15-30-32-28(33)26-24-19-10-3-4-11-20(19)25(27(26)29(32)34)22-13-6-5-12-21(22)24/h3-16,24-27H,2H2,1H3/b30-15-/t24?,25?,26-,27-/m0/s1. The van der Waals surface area contributed by atoms with Crippen LogP contribution in [0.4, 0.5) is 0 Å². The number of hydrazone groups is 1. The lowest BCUT2D eigenvalue weighted by Crippen LogP contribution is -2.41. The molecular formula is C29H23N3O2. The van der Waals surface area contributed by atoms with Crippen LogP contribution < -0.4 is 0 Å². The second kappa shape index (κ2) is 7.00. The number of aromatic nitrogens is 1. The summed E-state index contributed by atoms with van der Waals surface area (Å²) in [5.74, 6) is -1.41. The van der Waals surface area contributed by atoms with Crippen molar-refractivity contribution in [2.24, 2.45) is 16.9 Å². The van der Waals surface area contributed by atoms with Gasteiger partial charge in [0.1, 0.15) is 0 Å². The first-order chi connectivity index (χ1) is 16.7. The average Bonchev–Trinajstić information content (AvgIpc) is 3.37. The van der Waals surface area contributed by atoms with Gasteiger partial charge in [-0.25, -0.2) is 0 Å². The number of amides is 2. The number of rotatable bonds is 3. The molecule has 8 rings (SSSR count). The summed E-state index contributed by atoms with van der Waals surface area (Å²) in [6, 6.07) is 24.7. The van der Waals surface area contributed by atoms with E-state index >= 15 is 0 Å². The van der Waals surface area contributed by atoms with Gasteiger partial charge in [-0.05, 0) is 35.2 Å². The monoisotopic (exact) mass is 445 g/mol. The van der Waals surface area contributed by atoms with Crippen LogP contribution in [0.2, 0.25) is 0 Å². The van der Waals surface area contributed by atoms with Gasteiger partial charge in [-0.1, -0.05) is 66.7 Å². The molecule has 3 aliphatic carbocycles. The van der Waals surface area contributed by atoms with Gasteiger partial charge in [0, 0.05) is 41.0 Å². The van der Waals surface area contributed by atoms with E-state index in [9.17, 15) is 9.59 Å². The molecule has 2 atom stereocenters. The van der Waals surface area contributed by atoms with Crippen LogP contribution in [-0.4, -0.2) is 27.6 Å². The molecule has 1 saturated heterocycles. The Morgan fingerprint density at radius 2 is 1.26 bits per heavy atom. The van der Waals surface area contributed by atoms with Crippen molar-refractivity contribution in [1.82, 2.24) is 9.58 Å². The minimum absolute atomic E-state index is 0.110. The highest BCUT2D eigenvalue weighted by Crippen LogP contribution is 2.60. The van der Waals surface area contributed by atoms with E-state index < -0.39 is 11.8 Å². The van der Waals surface area contributed by atoms with Crippen molar-refractivity contribution in [3.05, 3.63) is 107 Å². The summed E-state index contributed by atoms with van der Waals surface area (Å²) in [7, 11) is 0. The van der Waals surface area contributed by atoms with E-state index in [1.807, 2.05) is 48.7 Å². The molecule has 2 amide bonds. The van der Waals surface area contributed by atoms with Crippen molar-refractivity contribution in [3.63, 3.8) is 0 Å². The van der Waals surface area contributed by atoms with Gasteiger partial charge in [0.2, 0.25) is 0 Å². The predicted molar refractivity (Wildman–Crippen MR) is 131 cm³/mol. The summed E-state index contributed by atoms with van der Waals surface area (Å²) in [6.45, 7) is 2.93. The van der Waals surface area contributed by atoms with Crippen molar-refractivity contribution in [2.75, 3.05) is 0 Å². The van der Waals surface area contributed by atoms with Gasteiger partial charge >= 0.3 is 0 Å². The van der Waals surface area contributed by atoms with Crippen molar-refractivity contribution in [2.45, 2.75) is 25.3 Å². The number of hydrogen-bond acceptors (Lipinski definition) is 3. The molecule has 0 spiro atoms. The normalized spacial score (nSPS) is 24.7. The molecule has 1 aliphatic heterocycles. The Labute approximate surface area is 197 Å². The lowest BCUT2D eigenvalue weighted by Gasteiger charge is -2.45. The van der Waals surface area contributed by atoms with Crippen molar-refractivity contribution >= 4 is 28.9 Å². The third kappa shape index (κ3) is 2.41. The van der Waals surface area contributed by atoms with E-state index in [1.165, 1.54) is 22.3 Å². The van der Waals surface area contributed by atoms with E-state index in [0.29, 0.717) is 0 Å². The van der Waals surface area contributed by atoms with E-state index in [-0.39, 0.29) is 23.7 Å². The van der Waals surface area contributed by atoms with Crippen LogP contribution in [0.25, 0.3) is 10.9 Å². The lowest BCUT2D eigenvalue weighted by molar-refractivity contribution is -0.139. The van der Waals surface area contributed by atoms with Gasteiger partial charge in [0.15, 0.2) is 0 Å². The third-order valence-electron chi connectivity index (χ3n) is 7.90. The molecule has 2 heterocycles. The Hall–Kier alpha value is -3.99. The zero-order valence-electron chi connectivity index (χ0n) is 18.8. The van der Waals surface area contributed by atoms with E-state index in [4.69, 9.17) is 0 Å². The first kappa shape index (κ1) is 19.5. The number of hydrogen-bond donors (Lipinski definition) is 0. The maximum absolute atomic E-state index is 13.7. The van der Waals surface area contributed by atoms with Crippen molar-refractivity contribution < 1.29 is 9.59 Å². The van der Waals surface area contributed by atoms with Gasteiger partial charge in [-0.3, -0.25) is 9.59 Å². The predicted octanol–water partition coefficient (Wildman–Crippen LogP) is 4.89. The first-order valence-electron chi connectivity index (χ1n) is 11.9. The Morgan fingerprint density at radius 3 is 1.79 bits per heavy atom. The maximum Gasteiger partial charge on any atom is 0.254 e. The van der Waals surface area contributed by atoms with Crippen molar-refractivity contribution in [1.29, 1.82) is 0 Å². The Kier molecular flexibility index (Phi) is 4.01. The fourth-order valence-corrected chi connectivity index (χ4v) is 6.54. The van der Waals surface area contributed by atoms with E-state index in [1.54, 1.807) is 6.21 Å². The largest absolute Gasteiger partial charge is 0.347 e. The average molecular weight is 446 g/mol. The number of carbonyl (C=O) groups excluding carboxylic acids is 2. The summed E-state index contributed by atoms with van der Waals surface area (Å²) in [4.78, 5) is 27.4. The van der Waals surface area contributed by atoms with Crippen LogP contribution in [0.15, 0.2) is 84.1 Å². The number of aryl methyl sites for hydroxylation is 1. The smallest absolute Gasteiger partial charge is 0.254 e. The fourth-order valence-electron chi connectivity index (χ4n) is 6.54. The second-order valence-corrected chi connectivity index (χ2v) is 9.39. The molecule has 0 N–H and O–H groups in total. The molecule has 0 unspecified atom stereocenters. The zero-order valence-corrected chi connectivity index (χ0v) is 18.8. The summed E-state index contributed by atoms with van der Waals surface area (Å²) in [5.41, 5.74) is 6.71. The third-order valence-corrected chi connectivity index (χ3v) is 7.90. The second-order valence-electron chi connectivity index (χ2n) is 9.39. The number of fused-ring (bicyclic) bond motifs is 1. The molecular weight excluding hydrogens is 422 g/mol. The topological polar surface area (TPSA) is 54.7 Å². The quantitative estimate of drug-likeness (QED) is 0.333. The molecule has 1 fully saturated rings. The van der Waals surface area contributed by atoms with Gasteiger partial charge in [-0.2, -0.15) is 10.1 Å². The molecule has 34 heavy (non-hydrogen) atoms. The molecule has 5 nitrogen and oxygen atoms in total. The summed E-state index contributed by atoms with van der Waals surface area (Å²) in [6.07, 6.45) is 3.70. The Balaban J connectivity index is 1.32. The van der Waals surface area contributed by atoms with Crippen LogP contribution >= 0.6 is 0 Å². The van der Waals surface area contributed by atoms with Gasteiger partial charge in [0.25, 0.3) is 11.8 Å². The maximum atomic E-state index is 13.7. The summed E-state index contributed by atoms with van der Waals surface area (Å²) < 4.78 is 2.15. The number of benzene rings is 3. The first-order valence-corrected chi connectivity index (χ1v) is 11.9. The molecule has 1 aromatic heterocycles. The minimum Gasteiger partial charge on any atom is -0.347 e. The number of carbonyl (C=O) groups is 2. The Bertz CT molecular complexity index is 1420. The number of nitrogens with zero attached hydrogens (tertiary/aromatic N) is 3. The van der Waals surface area contributed by atoms with Crippen LogP contribution in [0.1, 0.15) is 46.6 Å². The minimum atomic E-state index is -0.406. The lowest BCUT2D eigenvalue weighted by atomic mass is 9.55. The fraction of sp³-hybridized carbons (Fsp3) is 0.207.